The Hall–Kier alpha value is -1.26. The highest BCUT2D eigenvalue weighted by atomic mass is 16.4. The van der Waals surface area contributed by atoms with E-state index in [1.165, 1.54) is 6.92 Å². The van der Waals surface area contributed by atoms with Crippen molar-refractivity contribution in [1.29, 1.82) is 0 Å². The standard InChI is InChI=1S/C9H18N2O3/c1-6(7(12)13)11-8(14)10-5-9(2,3)4/h6H,5H2,1-4H3,(H,12,13)(H2,10,11,14)/t6-/m0/s1. The number of urea groups is 1. The summed E-state index contributed by atoms with van der Waals surface area (Å²) < 4.78 is 0. The lowest BCUT2D eigenvalue weighted by Crippen LogP contribution is -2.46. The van der Waals surface area contributed by atoms with E-state index in [1.54, 1.807) is 0 Å². The van der Waals surface area contributed by atoms with Crippen LogP contribution in [0.3, 0.4) is 0 Å². The van der Waals surface area contributed by atoms with Crippen molar-refractivity contribution in [1.82, 2.24) is 10.6 Å². The van der Waals surface area contributed by atoms with Gasteiger partial charge in [0.05, 0.1) is 0 Å². The molecule has 3 N–H and O–H groups in total. The first-order chi connectivity index (χ1) is 6.22. The van der Waals surface area contributed by atoms with Crippen LogP contribution in [-0.2, 0) is 4.79 Å². The van der Waals surface area contributed by atoms with Crippen LogP contribution in [0.25, 0.3) is 0 Å². The van der Waals surface area contributed by atoms with Gasteiger partial charge in [0.25, 0.3) is 0 Å². The molecule has 0 aromatic carbocycles. The van der Waals surface area contributed by atoms with Gasteiger partial charge in [-0.15, -0.1) is 0 Å². The zero-order valence-electron chi connectivity index (χ0n) is 9.05. The van der Waals surface area contributed by atoms with Gasteiger partial charge in [0.15, 0.2) is 0 Å². The van der Waals surface area contributed by atoms with Crippen LogP contribution in [0, 0.1) is 5.41 Å². The van der Waals surface area contributed by atoms with Crippen molar-refractivity contribution >= 4 is 12.0 Å². The molecule has 0 saturated heterocycles. The molecule has 5 heteroatoms. The van der Waals surface area contributed by atoms with Crippen LogP contribution in [0.15, 0.2) is 0 Å². The summed E-state index contributed by atoms with van der Waals surface area (Å²) in [7, 11) is 0. The van der Waals surface area contributed by atoms with E-state index in [2.05, 4.69) is 10.6 Å². The molecule has 0 aromatic rings. The first-order valence-corrected chi connectivity index (χ1v) is 4.49. The van der Waals surface area contributed by atoms with E-state index < -0.39 is 18.0 Å². The van der Waals surface area contributed by atoms with Crippen LogP contribution in [0.1, 0.15) is 27.7 Å². The maximum absolute atomic E-state index is 11.1. The number of hydrogen-bond donors (Lipinski definition) is 3. The average Bonchev–Trinajstić information content (AvgIpc) is 1.99. The van der Waals surface area contributed by atoms with E-state index in [0.29, 0.717) is 6.54 Å². The van der Waals surface area contributed by atoms with Crippen LogP contribution in [0.2, 0.25) is 0 Å². The van der Waals surface area contributed by atoms with Gasteiger partial charge in [0, 0.05) is 6.54 Å². The monoisotopic (exact) mass is 202 g/mol. The Bertz CT molecular complexity index is 221. The van der Waals surface area contributed by atoms with E-state index in [4.69, 9.17) is 5.11 Å². The normalized spacial score (nSPS) is 13.1. The van der Waals surface area contributed by atoms with Crippen LogP contribution in [0.4, 0.5) is 4.79 Å². The van der Waals surface area contributed by atoms with Crippen molar-refractivity contribution in [2.24, 2.45) is 5.41 Å². The van der Waals surface area contributed by atoms with Crippen molar-refractivity contribution in [3.05, 3.63) is 0 Å². The fourth-order valence-corrected chi connectivity index (χ4v) is 0.655. The fourth-order valence-electron chi connectivity index (χ4n) is 0.655. The molecule has 0 aromatic heterocycles. The molecule has 0 fully saturated rings. The maximum atomic E-state index is 11.1. The molecule has 5 nitrogen and oxygen atoms in total. The summed E-state index contributed by atoms with van der Waals surface area (Å²) in [4.78, 5) is 21.5. The minimum Gasteiger partial charge on any atom is -0.480 e. The first kappa shape index (κ1) is 12.7. The molecular formula is C9H18N2O3. The second kappa shape index (κ2) is 4.83. The van der Waals surface area contributed by atoms with Gasteiger partial charge in [-0.1, -0.05) is 20.8 Å². The number of carboxylic acid groups (broad SMARTS) is 1. The highest BCUT2D eigenvalue weighted by molar-refractivity contribution is 5.82. The highest BCUT2D eigenvalue weighted by Crippen LogP contribution is 2.09. The second-order valence-corrected chi connectivity index (χ2v) is 4.45. The van der Waals surface area contributed by atoms with Gasteiger partial charge in [-0.3, -0.25) is 4.79 Å². The molecule has 2 amide bonds. The number of aliphatic carboxylic acids is 1. The van der Waals surface area contributed by atoms with Gasteiger partial charge in [0.2, 0.25) is 0 Å². The van der Waals surface area contributed by atoms with Crippen molar-refractivity contribution in [2.45, 2.75) is 33.7 Å². The summed E-state index contributed by atoms with van der Waals surface area (Å²) in [5, 5.41) is 13.4. The van der Waals surface area contributed by atoms with Gasteiger partial charge in [-0.2, -0.15) is 0 Å². The van der Waals surface area contributed by atoms with Crippen LogP contribution < -0.4 is 10.6 Å². The minimum atomic E-state index is -1.05. The van der Waals surface area contributed by atoms with Crippen molar-refractivity contribution in [3.63, 3.8) is 0 Å². The molecule has 0 unspecified atom stereocenters. The number of carboxylic acids is 1. The van der Waals surface area contributed by atoms with Crippen LogP contribution in [0.5, 0.6) is 0 Å². The Morgan fingerprint density at radius 1 is 1.36 bits per heavy atom. The smallest absolute Gasteiger partial charge is 0.325 e. The third kappa shape index (κ3) is 6.28. The highest BCUT2D eigenvalue weighted by Gasteiger charge is 2.15. The number of amides is 2. The summed E-state index contributed by atoms with van der Waals surface area (Å²) in [5.74, 6) is -1.05. The average molecular weight is 202 g/mol. The molecule has 82 valence electrons. The van der Waals surface area contributed by atoms with Crippen molar-refractivity contribution in [2.75, 3.05) is 6.54 Å². The topological polar surface area (TPSA) is 78.4 Å². The van der Waals surface area contributed by atoms with E-state index in [0.717, 1.165) is 0 Å². The predicted octanol–water partition coefficient (Wildman–Crippen LogP) is 0.805. The van der Waals surface area contributed by atoms with E-state index in [9.17, 15) is 9.59 Å². The summed E-state index contributed by atoms with van der Waals surface area (Å²) in [5.41, 5.74) is -0.0101. The summed E-state index contributed by atoms with van der Waals surface area (Å²) in [6, 6.07) is -1.32. The molecule has 0 aliphatic carbocycles. The molecule has 0 saturated carbocycles. The zero-order valence-corrected chi connectivity index (χ0v) is 9.05. The Labute approximate surface area is 83.9 Å². The predicted molar refractivity (Wildman–Crippen MR) is 53.1 cm³/mol. The quantitative estimate of drug-likeness (QED) is 0.633. The SMILES string of the molecule is C[C@H](NC(=O)NCC(C)(C)C)C(=O)O. The molecule has 0 aliphatic rings. The van der Waals surface area contributed by atoms with Gasteiger partial charge >= 0.3 is 12.0 Å². The van der Waals surface area contributed by atoms with Crippen LogP contribution in [-0.4, -0.2) is 29.7 Å². The zero-order chi connectivity index (χ0) is 11.4. The molecule has 1 atom stereocenters. The lowest BCUT2D eigenvalue weighted by atomic mass is 9.97. The number of carbonyl (C=O) groups excluding carboxylic acids is 1. The lowest BCUT2D eigenvalue weighted by molar-refractivity contribution is -0.138. The summed E-state index contributed by atoms with van der Waals surface area (Å²) in [6.07, 6.45) is 0. The Morgan fingerprint density at radius 2 is 1.86 bits per heavy atom. The largest absolute Gasteiger partial charge is 0.480 e. The maximum Gasteiger partial charge on any atom is 0.325 e. The summed E-state index contributed by atoms with van der Waals surface area (Å²) >= 11 is 0. The Kier molecular flexibility index (Phi) is 4.40. The van der Waals surface area contributed by atoms with E-state index in [1.807, 2.05) is 20.8 Å². The van der Waals surface area contributed by atoms with Gasteiger partial charge in [-0.25, -0.2) is 4.79 Å². The van der Waals surface area contributed by atoms with Crippen molar-refractivity contribution in [3.8, 4) is 0 Å². The Balaban J connectivity index is 3.83. The third-order valence-electron chi connectivity index (χ3n) is 1.50. The fraction of sp³-hybridized carbons (Fsp3) is 0.778. The molecule has 0 heterocycles. The van der Waals surface area contributed by atoms with Crippen LogP contribution >= 0.6 is 0 Å². The molecule has 0 spiro atoms. The number of nitrogens with one attached hydrogen (secondary N) is 2. The molecule has 14 heavy (non-hydrogen) atoms. The first-order valence-electron chi connectivity index (χ1n) is 4.49. The molecule has 0 rings (SSSR count). The minimum absolute atomic E-state index is 0.0101. The lowest BCUT2D eigenvalue weighted by Gasteiger charge is -2.19. The number of carbonyl (C=O) groups is 2. The second-order valence-electron chi connectivity index (χ2n) is 4.45. The number of hydrogen-bond acceptors (Lipinski definition) is 2. The molecule has 0 bridgehead atoms. The van der Waals surface area contributed by atoms with Gasteiger partial charge in [0.1, 0.15) is 6.04 Å². The van der Waals surface area contributed by atoms with Gasteiger partial charge in [-0.05, 0) is 12.3 Å². The van der Waals surface area contributed by atoms with E-state index in [-0.39, 0.29) is 5.41 Å². The third-order valence-corrected chi connectivity index (χ3v) is 1.50. The summed E-state index contributed by atoms with van der Waals surface area (Å²) in [6.45, 7) is 7.86. The molecule has 0 radical (unpaired) electrons. The molecular weight excluding hydrogens is 184 g/mol. The van der Waals surface area contributed by atoms with Gasteiger partial charge < -0.3 is 15.7 Å². The number of rotatable bonds is 3. The molecule has 0 aliphatic heterocycles. The van der Waals surface area contributed by atoms with E-state index >= 15 is 0 Å². The van der Waals surface area contributed by atoms with Crippen molar-refractivity contribution < 1.29 is 14.7 Å². The Morgan fingerprint density at radius 3 is 2.21 bits per heavy atom.